The molecule has 0 spiro atoms. The molecule has 1 aromatic carbocycles. The second-order valence-electron chi connectivity index (χ2n) is 5.63. The Morgan fingerprint density at radius 1 is 1.28 bits per heavy atom. The lowest BCUT2D eigenvalue weighted by Crippen LogP contribution is -2.26. The second-order valence-corrected chi connectivity index (χ2v) is 8.82. The number of aromatic nitrogens is 2. The first-order valence-electron chi connectivity index (χ1n) is 7.47. The van der Waals surface area contributed by atoms with Crippen molar-refractivity contribution in [1.29, 1.82) is 0 Å². The van der Waals surface area contributed by atoms with Crippen molar-refractivity contribution in [1.82, 2.24) is 14.5 Å². The van der Waals surface area contributed by atoms with Crippen molar-refractivity contribution >= 4 is 32.4 Å². The van der Waals surface area contributed by atoms with Crippen LogP contribution in [0.5, 0.6) is 5.75 Å². The molecular formula is C15H20N4O4S2. The maximum Gasteiger partial charge on any atom is 0.272 e. The van der Waals surface area contributed by atoms with E-state index < -0.39 is 10.0 Å². The van der Waals surface area contributed by atoms with Crippen molar-refractivity contribution in [2.75, 3.05) is 19.5 Å². The molecular weight excluding hydrogens is 364 g/mol. The summed E-state index contributed by atoms with van der Waals surface area (Å²) in [6.45, 7) is 3.65. The Kier molecular flexibility index (Phi) is 6.09. The third-order valence-corrected chi connectivity index (χ3v) is 6.34. The van der Waals surface area contributed by atoms with Gasteiger partial charge in [0.25, 0.3) is 10.0 Å². The second kappa shape index (κ2) is 7.89. The van der Waals surface area contributed by atoms with Crippen LogP contribution in [0.4, 0.5) is 5.13 Å². The van der Waals surface area contributed by atoms with Gasteiger partial charge in [-0.1, -0.05) is 37.3 Å². The number of carbonyl (C=O) groups excluding carboxylic acids is 1. The fourth-order valence-electron chi connectivity index (χ4n) is 1.82. The molecule has 0 fully saturated rings. The molecule has 1 N–H and O–H groups in total. The lowest BCUT2D eigenvalue weighted by atomic mass is 10.2. The van der Waals surface area contributed by atoms with Crippen molar-refractivity contribution in [2.24, 2.45) is 5.92 Å². The van der Waals surface area contributed by atoms with E-state index in [1.54, 1.807) is 45.2 Å². The third kappa shape index (κ3) is 4.74. The largest absolute Gasteiger partial charge is 0.497 e. The van der Waals surface area contributed by atoms with Gasteiger partial charge in [0.1, 0.15) is 5.75 Å². The number of ether oxygens (including phenoxy) is 1. The number of anilines is 1. The number of amides is 1. The Labute approximate surface area is 150 Å². The molecule has 1 heterocycles. The van der Waals surface area contributed by atoms with E-state index in [-0.39, 0.29) is 27.8 Å². The summed E-state index contributed by atoms with van der Waals surface area (Å²) in [7, 11) is -0.761. The maximum absolute atomic E-state index is 12.6. The molecule has 0 aliphatic rings. The van der Waals surface area contributed by atoms with Crippen LogP contribution < -0.4 is 10.1 Å². The van der Waals surface area contributed by atoms with E-state index in [4.69, 9.17) is 4.74 Å². The van der Waals surface area contributed by atoms with Crippen LogP contribution in [0, 0.1) is 5.92 Å². The normalized spacial score (nSPS) is 11.8. The molecule has 0 saturated carbocycles. The molecule has 2 rings (SSSR count). The predicted molar refractivity (Wildman–Crippen MR) is 95.0 cm³/mol. The minimum absolute atomic E-state index is 0.162. The molecule has 0 aliphatic carbocycles. The number of hydrogen-bond acceptors (Lipinski definition) is 7. The van der Waals surface area contributed by atoms with Crippen LogP contribution in [0.1, 0.15) is 19.4 Å². The van der Waals surface area contributed by atoms with Crippen molar-refractivity contribution in [3.63, 3.8) is 0 Å². The lowest BCUT2D eigenvalue weighted by molar-refractivity contribution is -0.118. The van der Waals surface area contributed by atoms with Crippen LogP contribution in [0.15, 0.2) is 28.6 Å². The number of sulfonamides is 1. The van der Waals surface area contributed by atoms with E-state index in [1.165, 1.54) is 11.4 Å². The summed E-state index contributed by atoms with van der Waals surface area (Å²) in [5.41, 5.74) is 0.810. The first-order valence-corrected chi connectivity index (χ1v) is 9.73. The van der Waals surface area contributed by atoms with E-state index in [0.29, 0.717) is 5.75 Å². The molecule has 1 amide bonds. The fraction of sp³-hybridized carbons (Fsp3) is 0.400. The zero-order valence-electron chi connectivity index (χ0n) is 14.4. The van der Waals surface area contributed by atoms with Crippen LogP contribution in [-0.2, 0) is 21.4 Å². The van der Waals surface area contributed by atoms with Gasteiger partial charge in [0, 0.05) is 19.5 Å². The predicted octanol–water partition coefficient (Wildman–Crippen LogP) is 1.96. The molecule has 25 heavy (non-hydrogen) atoms. The maximum atomic E-state index is 12.6. The summed E-state index contributed by atoms with van der Waals surface area (Å²) >= 11 is 0.827. The quantitative estimate of drug-likeness (QED) is 0.732. The summed E-state index contributed by atoms with van der Waals surface area (Å²) in [5, 5.41) is 10.1. The molecule has 0 radical (unpaired) electrons. The molecule has 0 unspecified atom stereocenters. The topological polar surface area (TPSA) is 101 Å². The number of carbonyl (C=O) groups is 1. The Morgan fingerprint density at radius 3 is 2.48 bits per heavy atom. The Morgan fingerprint density at radius 2 is 1.92 bits per heavy atom. The Hall–Kier alpha value is -2.04. The minimum atomic E-state index is -3.79. The van der Waals surface area contributed by atoms with Gasteiger partial charge in [-0.3, -0.25) is 4.79 Å². The first-order chi connectivity index (χ1) is 11.7. The number of nitrogens with zero attached hydrogens (tertiary/aromatic N) is 3. The molecule has 0 bridgehead atoms. The molecule has 136 valence electrons. The van der Waals surface area contributed by atoms with Gasteiger partial charge in [-0.2, -0.15) is 4.31 Å². The Bertz CT molecular complexity index is 831. The number of benzene rings is 1. The fourth-order valence-corrected chi connectivity index (χ4v) is 4.07. The number of hydrogen-bond donors (Lipinski definition) is 1. The van der Waals surface area contributed by atoms with Crippen molar-refractivity contribution in [3.8, 4) is 5.75 Å². The number of nitrogens with one attached hydrogen (secondary N) is 1. The van der Waals surface area contributed by atoms with Crippen molar-refractivity contribution in [3.05, 3.63) is 29.8 Å². The molecule has 0 atom stereocenters. The van der Waals surface area contributed by atoms with E-state index in [2.05, 4.69) is 15.5 Å². The zero-order valence-corrected chi connectivity index (χ0v) is 16.0. The SMILES string of the molecule is COc1ccc(CN(C)S(=O)(=O)c2nnc(NC(=O)C(C)C)s2)cc1. The average molecular weight is 384 g/mol. The van der Waals surface area contributed by atoms with Gasteiger partial charge < -0.3 is 10.1 Å². The van der Waals surface area contributed by atoms with Gasteiger partial charge in [-0.15, -0.1) is 10.2 Å². The molecule has 1 aromatic heterocycles. The summed E-state index contributed by atoms with van der Waals surface area (Å²) in [5.74, 6) is 0.220. The van der Waals surface area contributed by atoms with Crippen molar-refractivity contribution < 1.29 is 17.9 Å². The standard InChI is InChI=1S/C15H20N4O4S2/c1-10(2)13(20)16-14-17-18-15(24-14)25(21,22)19(3)9-11-5-7-12(23-4)8-6-11/h5-8,10H,9H2,1-4H3,(H,16,17,20). The van der Waals surface area contributed by atoms with Crippen LogP contribution >= 0.6 is 11.3 Å². The zero-order chi connectivity index (χ0) is 18.6. The minimum Gasteiger partial charge on any atom is -0.497 e. The average Bonchev–Trinajstić information content (AvgIpc) is 3.04. The highest BCUT2D eigenvalue weighted by Gasteiger charge is 2.26. The Balaban J connectivity index is 2.11. The summed E-state index contributed by atoms with van der Waals surface area (Å²) in [6, 6.07) is 7.11. The summed E-state index contributed by atoms with van der Waals surface area (Å²) in [4.78, 5) is 11.7. The van der Waals surface area contributed by atoms with E-state index >= 15 is 0 Å². The molecule has 0 aliphatic heterocycles. The lowest BCUT2D eigenvalue weighted by Gasteiger charge is -2.15. The van der Waals surface area contributed by atoms with Gasteiger partial charge in [0.2, 0.25) is 15.4 Å². The van der Waals surface area contributed by atoms with Crippen molar-refractivity contribution in [2.45, 2.75) is 24.7 Å². The smallest absolute Gasteiger partial charge is 0.272 e. The van der Waals surface area contributed by atoms with Crippen LogP contribution in [0.25, 0.3) is 0 Å². The number of methoxy groups -OCH3 is 1. The highest BCUT2D eigenvalue weighted by molar-refractivity contribution is 7.91. The molecule has 10 heteroatoms. The molecule has 2 aromatic rings. The molecule has 0 saturated heterocycles. The van der Waals surface area contributed by atoms with Crippen LogP contribution in [-0.4, -0.2) is 43.0 Å². The van der Waals surface area contributed by atoms with Gasteiger partial charge in [-0.25, -0.2) is 8.42 Å². The van der Waals surface area contributed by atoms with Crippen LogP contribution in [0.3, 0.4) is 0 Å². The van der Waals surface area contributed by atoms with Crippen LogP contribution in [0.2, 0.25) is 0 Å². The van der Waals surface area contributed by atoms with E-state index in [0.717, 1.165) is 16.9 Å². The highest BCUT2D eigenvalue weighted by atomic mass is 32.2. The first kappa shape index (κ1) is 19.3. The van der Waals surface area contributed by atoms with Gasteiger partial charge in [0.05, 0.1) is 7.11 Å². The third-order valence-electron chi connectivity index (χ3n) is 3.36. The van der Waals surface area contributed by atoms with Gasteiger partial charge in [-0.05, 0) is 17.7 Å². The number of rotatable bonds is 7. The van der Waals surface area contributed by atoms with E-state index in [9.17, 15) is 13.2 Å². The molecule has 8 nitrogen and oxygen atoms in total. The van der Waals surface area contributed by atoms with Gasteiger partial charge in [0.15, 0.2) is 0 Å². The highest BCUT2D eigenvalue weighted by Crippen LogP contribution is 2.24. The summed E-state index contributed by atoms with van der Waals surface area (Å²) < 4.78 is 31.3. The monoisotopic (exact) mass is 384 g/mol. The van der Waals surface area contributed by atoms with E-state index in [1.807, 2.05) is 0 Å². The summed E-state index contributed by atoms with van der Waals surface area (Å²) in [6.07, 6.45) is 0. The van der Waals surface area contributed by atoms with Gasteiger partial charge >= 0.3 is 0 Å².